The first kappa shape index (κ1) is 23.3. The van der Waals surface area contributed by atoms with E-state index in [1.807, 2.05) is 6.07 Å². The lowest BCUT2D eigenvalue weighted by molar-refractivity contribution is 0.0585. The molecule has 4 heterocycles. The van der Waals surface area contributed by atoms with Crippen molar-refractivity contribution in [1.82, 2.24) is 44.8 Å². The first-order chi connectivity index (χ1) is 18.0. The van der Waals surface area contributed by atoms with Gasteiger partial charge >= 0.3 is 6.55 Å². The monoisotopic (exact) mass is 525 g/mol. The zero-order valence-electron chi connectivity index (χ0n) is 19.2. The Morgan fingerprint density at radius 2 is 1.89 bits per heavy atom. The van der Waals surface area contributed by atoms with E-state index in [0.717, 1.165) is 25.0 Å². The van der Waals surface area contributed by atoms with Gasteiger partial charge in [-0.25, -0.2) is 9.07 Å². The molecule has 1 aromatic carbocycles. The van der Waals surface area contributed by atoms with Crippen molar-refractivity contribution in [2.45, 2.75) is 31.9 Å². The Morgan fingerprint density at radius 3 is 2.59 bits per heavy atom. The molecule has 0 saturated heterocycles. The Hall–Kier alpha value is -4.06. The minimum absolute atomic E-state index is 0.0328. The van der Waals surface area contributed by atoms with Crippen molar-refractivity contribution in [3.63, 3.8) is 0 Å². The van der Waals surface area contributed by atoms with Gasteiger partial charge in [0.1, 0.15) is 6.33 Å². The molecule has 1 fully saturated rings. The van der Waals surface area contributed by atoms with Gasteiger partial charge in [-0.3, -0.25) is 9.67 Å². The molecule has 0 radical (unpaired) electrons. The van der Waals surface area contributed by atoms with Crippen LogP contribution in [0, 0.1) is 11.7 Å². The third-order valence-corrected chi connectivity index (χ3v) is 6.70. The van der Waals surface area contributed by atoms with Crippen LogP contribution in [0.15, 0.2) is 61.4 Å². The molecular formula is C24H19ClF3N9. The second-order valence-corrected chi connectivity index (χ2v) is 9.23. The lowest BCUT2D eigenvalue weighted by Gasteiger charge is -2.18. The summed E-state index contributed by atoms with van der Waals surface area (Å²) >= 11 is 6.08. The molecule has 0 N–H and O–H groups in total. The van der Waals surface area contributed by atoms with Gasteiger partial charge in [-0.15, -0.1) is 5.10 Å². The average molecular weight is 526 g/mol. The molecule has 0 spiro atoms. The van der Waals surface area contributed by atoms with Crippen LogP contribution in [0.4, 0.5) is 13.2 Å². The van der Waals surface area contributed by atoms with Crippen molar-refractivity contribution < 1.29 is 13.2 Å². The highest BCUT2D eigenvalue weighted by atomic mass is 35.5. The van der Waals surface area contributed by atoms with E-state index in [0.29, 0.717) is 27.4 Å². The number of pyridine rings is 1. The van der Waals surface area contributed by atoms with E-state index < -0.39 is 12.4 Å². The summed E-state index contributed by atoms with van der Waals surface area (Å²) < 4.78 is 45.6. The van der Waals surface area contributed by atoms with Crippen molar-refractivity contribution in [2.75, 3.05) is 0 Å². The summed E-state index contributed by atoms with van der Waals surface area (Å²) in [7, 11) is 0. The van der Waals surface area contributed by atoms with Gasteiger partial charge in [-0.1, -0.05) is 30.5 Å². The normalized spacial score (nSPS) is 14.4. The van der Waals surface area contributed by atoms with E-state index in [1.54, 1.807) is 35.4 Å². The Balaban J connectivity index is 1.36. The fourth-order valence-electron chi connectivity index (χ4n) is 4.40. The van der Waals surface area contributed by atoms with Crippen LogP contribution in [0.3, 0.4) is 0 Å². The molecule has 188 valence electrons. The standard InChI is InChI=1S/C24H19ClF3N9/c25-17-4-6-20(36-13-30-33-34-36)22(23(17)26)15-3-5-18(29-10-15)21(9-14-1-2-14)35-12-16(11-32-35)19-7-8-31-37(19)24(27)28/h3-8,10-14,21,24H,1-2,9H2. The smallest absolute Gasteiger partial charge is 0.263 e. The van der Waals surface area contributed by atoms with Crippen molar-refractivity contribution >= 4 is 11.6 Å². The van der Waals surface area contributed by atoms with Gasteiger partial charge in [0.15, 0.2) is 5.82 Å². The van der Waals surface area contributed by atoms with E-state index in [4.69, 9.17) is 11.6 Å². The number of hydrogen-bond donors (Lipinski definition) is 0. The van der Waals surface area contributed by atoms with Crippen LogP contribution in [-0.4, -0.2) is 44.8 Å². The molecule has 37 heavy (non-hydrogen) atoms. The van der Waals surface area contributed by atoms with Crippen molar-refractivity contribution in [2.24, 2.45) is 5.92 Å². The van der Waals surface area contributed by atoms with Crippen molar-refractivity contribution in [1.29, 1.82) is 0 Å². The number of hydrogen-bond acceptors (Lipinski definition) is 6. The van der Waals surface area contributed by atoms with E-state index in [-0.39, 0.29) is 22.3 Å². The third kappa shape index (κ3) is 4.48. The zero-order chi connectivity index (χ0) is 25.5. The molecule has 0 aliphatic heterocycles. The number of alkyl halides is 2. The fraction of sp³-hybridized carbons (Fsp3) is 0.250. The molecule has 1 saturated carbocycles. The number of benzene rings is 1. The lowest BCUT2D eigenvalue weighted by Crippen LogP contribution is -2.14. The summed E-state index contributed by atoms with van der Waals surface area (Å²) in [6, 6.07) is 7.97. The first-order valence-electron chi connectivity index (χ1n) is 11.5. The maximum Gasteiger partial charge on any atom is 0.333 e. The molecule has 4 aromatic heterocycles. The maximum absolute atomic E-state index is 15.2. The predicted molar refractivity (Wildman–Crippen MR) is 128 cm³/mol. The van der Waals surface area contributed by atoms with Crippen LogP contribution in [0.2, 0.25) is 5.02 Å². The Labute approximate surface area is 213 Å². The summed E-state index contributed by atoms with van der Waals surface area (Å²) in [6.45, 7) is -2.75. The van der Waals surface area contributed by atoms with Gasteiger partial charge < -0.3 is 0 Å². The number of halogens is 4. The summed E-state index contributed by atoms with van der Waals surface area (Å²) in [5.41, 5.74) is 2.67. The molecule has 6 rings (SSSR count). The highest BCUT2D eigenvalue weighted by Crippen LogP contribution is 2.40. The maximum atomic E-state index is 15.2. The third-order valence-electron chi connectivity index (χ3n) is 6.41. The number of tetrazole rings is 1. The molecule has 0 bridgehead atoms. The molecule has 1 unspecified atom stereocenters. The fourth-order valence-corrected chi connectivity index (χ4v) is 4.56. The van der Waals surface area contributed by atoms with E-state index in [2.05, 4.69) is 30.7 Å². The van der Waals surface area contributed by atoms with Gasteiger partial charge in [0.25, 0.3) is 0 Å². The molecule has 9 nitrogen and oxygen atoms in total. The Bertz CT molecular complexity index is 1530. The van der Waals surface area contributed by atoms with Crippen LogP contribution in [-0.2, 0) is 0 Å². The second-order valence-electron chi connectivity index (χ2n) is 8.82. The molecule has 0 amide bonds. The van der Waals surface area contributed by atoms with Crippen LogP contribution < -0.4 is 0 Å². The molecule has 1 aliphatic carbocycles. The quantitative estimate of drug-likeness (QED) is 0.271. The average Bonchev–Trinajstić information content (AvgIpc) is 3.31. The SMILES string of the molecule is Fc1c(Cl)ccc(-n2cnnn2)c1-c1ccc(C(CC2CC2)n2cc(-c3ccnn3C(F)F)cn2)nc1. The van der Waals surface area contributed by atoms with Gasteiger partial charge in [0.2, 0.25) is 0 Å². The molecular weight excluding hydrogens is 507 g/mol. The second kappa shape index (κ2) is 9.43. The molecule has 5 aromatic rings. The molecule has 13 heteroatoms. The number of nitrogens with zero attached hydrogens (tertiary/aromatic N) is 9. The highest BCUT2D eigenvalue weighted by molar-refractivity contribution is 6.31. The van der Waals surface area contributed by atoms with Gasteiger partial charge in [0.05, 0.1) is 34.3 Å². The van der Waals surface area contributed by atoms with Crippen LogP contribution in [0.25, 0.3) is 28.1 Å². The van der Waals surface area contributed by atoms with Crippen LogP contribution in [0.5, 0.6) is 0 Å². The minimum atomic E-state index is -2.75. The Morgan fingerprint density at radius 1 is 1.03 bits per heavy atom. The summed E-state index contributed by atoms with van der Waals surface area (Å²) in [6.07, 6.45) is 10.6. The number of rotatable bonds is 8. The number of aromatic nitrogens is 9. The summed E-state index contributed by atoms with van der Waals surface area (Å²) in [5.74, 6) is -0.0754. The Kier molecular flexibility index (Phi) is 5.95. The lowest BCUT2D eigenvalue weighted by atomic mass is 10.0. The molecule has 1 aliphatic rings. The summed E-state index contributed by atoms with van der Waals surface area (Å²) in [4.78, 5) is 4.65. The van der Waals surface area contributed by atoms with Crippen molar-refractivity contribution in [3.8, 4) is 28.1 Å². The zero-order valence-corrected chi connectivity index (χ0v) is 19.9. The first-order valence-corrected chi connectivity index (χ1v) is 11.9. The van der Waals surface area contributed by atoms with E-state index >= 15 is 4.39 Å². The van der Waals surface area contributed by atoms with Gasteiger partial charge in [0, 0.05) is 35.3 Å². The largest absolute Gasteiger partial charge is 0.333 e. The topological polar surface area (TPSA) is 92.1 Å². The minimum Gasteiger partial charge on any atom is -0.263 e. The van der Waals surface area contributed by atoms with E-state index in [1.165, 1.54) is 29.3 Å². The summed E-state index contributed by atoms with van der Waals surface area (Å²) in [5, 5.41) is 19.3. The van der Waals surface area contributed by atoms with E-state index in [9.17, 15) is 8.78 Å². The van der Waals surface area contributed by atoms with Crippen LogP contribution in [0.1, 0.15) is 37.5 Å². The van der Waals surface area contributed by atoms with Crippen molar-refractivity contribution in [3.05, 3.63) is 78.0 Å². The predicted octanol–water partition coefficient (Wildman–Crippen LogP) is 5.36. The van der Waals surface area contributed by atoms with Crippen LogP contribution >= 0.6 is 11.6 Å². The molecule has 1 atom stereocenters. The van der Waals surface area contributed by atoms with Gasteiger partial charge in [-0.2, -0.15) is 23.7 Å². The highest BCUT2D eigenvalue weighted by Gasteiger charge is 2.29. The van der Waals surface area contributed by atoms with Gasteiger partial charge in [-0.05, 0) is 47.0 Å².